The van der Waals surface area contributed by atoms with Crippen molar-refractivity contribution in [3.63, 3.8) is 0 Å². The fourth-order valence-corrected chi connectivity index (χ4v) is 1.88. The van der Waals surface area contributed by atoms with Crippen LogP contribution in [-0.2, 0) is 0 Å². The van der Waals surface area contributed by atoms with E-state index in [1.54, 1.807) is 36.3 Å². The first-order valence-corrected chi connectivity index (χ1v) is 5.80. The van der Waals surface area contributed by atoms with Crippen molar-refractivity contribution in [3.8, 4) is 0 Å². The van der Waals surface area contributed by atoms with Gasteiger partial charge in [-0.2, -0.15) is 0 Å². The van der Waals surface area contributed by atoms with Gasteiger partial charge in [-0.1, -0.05) is 18.2 Å². The number of hydrogen-bond acceptors (Lipinski definition) is 3. The predicted octanol–water partition coefficient (Wildman–Crippen LogP) is 3.01. The van der Waals surface area contributed by atoms with Crippen molar-refractivity contribution in [2.75, 3.05) is 11.9 Å². The van der Waals surface area contributed by atoms with Crippen molar-refractivity contribution in [2.45, 2.75) is 13.0 Å². The molecule has 0 saturated carbocycles. The van der Waals surface area contributed by atoms with Crippen molar-refractivity contribution in [3.05, 3.63) is 54.0 Å². The van der Waals surface area contributed by atoms with E-state index < -0.39 is 0 Å². The number of benzene rings is 1. The lowest BCUT2D eigenvalue weighted by Gasteiger charge is -2.22. The summed E-state index contributed by atoms with van der Waals surface area (Å²) >= 11 is 0. The second-order valence-corrected chi connectivity index (χ2v) is 4.22. The molecule has 1 aromatic carbocycles. The maximum absolute atomic E-state index is 13.8. The maximum atomic E-state index is 13.8. The summed E-state index contributed by atoms with van der Waals surface area (Å²) in [7, 11) is 1.78. The topological polar surface area (TPSA) is 42.1 Å². The molecule has 3 nitrogen and oxygen atoms in total. The summed E-state index contributed by atoms with van der Waals surface area (Å²) in [6.07, 6.45) is 1.68. The van der Waals surface area contributed by atoms with Crippen molar-refractivity contribution >= 4 is 11.5 Å². The molecular weight excluding hydrogens is 229 g/mol. The highest BCUT2D eigenvalue weighted by Crippen LogP contribution is 2.29. The summed E-state index contributed by atoms with van der Waals surface area (Å²) in [5, 5.41) is 0. The first-order chi connectivity index (χ1) is 8.61. The summed E-state index contributed by atoms with van der Waals surface area (Å²) in [6.45, 7) is 1.88. The van der Waals surface area contributed by atoms with Crippen molar-refractivity contribution < 1.29 is 4.39 Å². The standard InChI is InChI=1S/C14H16FN3/c1-10(16)11-6-5-9-17-14(11)18(2)13-8-4-3-7-12(13)15/h3-10H,16H2,1-2H3/t10-/m0/s1. The van der Waals surface area contributed by atoms with Gasteiger partial charge in [0, 0.05) is 24.8 Å². The summed E-state index contributed by atoms with van der Waals surface area (Å²) in [5.74, 6) is 0.402. The molecule has 0 bridgehead atoms. The third-order valence-corrected chi connectivity index (χ3v) is 2.84. The molecule has 0 spiro atoms. The van der Waals surface area contributed by atoms with Gasteiger partial charge in [0.05, 0.1) is 5.69 Å². The van der Waals surface area contributed by atoms with Crippen LogP contribution < -0.4 is 10.6 Å². The maximum Gasteiger partial charge on any atom is 0.146 e. The molecule has 0 fully saturated rings. The van der Waals surface area contributed by atoms with Gasteiger partial charge in [-0.05, 0) is 25.1 Å². The van der Waals surface area contributed by atoms with Crippen molar-refractivity contribution in [2.24, 2.45) is 5.73 Å². The lowest BCUT2D eigenvalue weighted by molar-refractivity contribution is 0.627. The summed E-state index contributed by atoms with van der Waals surface area (Å²) < 4.78 is 13.8. The molecule has 1 aromatic heterocycles. The minimum Gasteiger partial charge on any atom is -0.327 e. The van der Waals surface area contributed by atoms with Gasteiger partial charge >= 0.3 is 0 Å². The number of halogens is 1. The molecule has 0 unspecified atom stereocenters. The fourth-order valence-electron chi connectivity index (χ4n) is 1.88. The number of aromatic nitrogens is 1. The zero-order chi connectivity index (χ0) is 13.1. The number of nitrogens with two attached hydrogens (primary N) is 1. The second kappa shape index (κ2) is 5.14. The van der Waals surface area contributed by atoms with Crippen LogP contribution in [0.3, 0.4) is 0 Å². The molecule has 1 heterocycles. The van der Waals surface area contributed by atoms with E-state index in [0.717, 1.165) is 5.56 Å². The molecule has 0 aliphatic carbocycles. The molecule has 4 heteroatoms. The number of para-hydroxylation sites is 1. The molecule has 0 radical (unpaired) electrons. The van der Waals surface area contributed by atoms with Gasteiger partial charge in [0.1, 0.15) is 11.6 Å². The van der Waals surface area contributed by atoms with Crippen LogP contribution in [0, 0.1) is 5.82 Å². The summed E-state index contributed by atoms with van der Waals surface area (Å²) in [6, 6.07) is 10.2. The average Bonchev–Trinajstić information content (AvgIpc) is 2.38. The van der Waals surface area contributed by atoms with E-state index in [1.165, 1.54) is 6.07 Å². The highest BCUT2D eigenvalue weighted by molar-refractivity contribution is 5.63. The van der Waals surface area contributed by atoms with Gasteiger partial charge in [0.25, 0.3) is 0 Å². The Kier molecular flexibility index (Phi) is 3.58. The van der Waals surface area contributed by atoms with Gasteiger partial charge in [-0.25, -0.2) is 9.37 Å². The van der Waals surface area contributed by atoms with E-state index in [1.807, 2.05) is 19.1 Å². The van der Waals surface area contributed by atoms with Crippen LogP contribution in [-0.4, -0.2) is 12.0 Å². The Morgan fingerprint density at radius 2 is 1.94 bits per heavy atom. The molecular formula is C14H16FN3. The smallest absolute Gasteiger partial charge is 0.146 e. The Hall–Kier alpha value is -1.94. The minimum absolute atomic E-state index is 0.150. The molecule has 2 N–H and O–H groups in total. The molecule has 0 aliphatic rings. The molecule has 0 aliphatic heterocycles. The molecule has 18 heavy (non-hydrogen) atoms. The van der Waals surface area contributed by atoms with Gasteiger partial charge < -0.3 is 10.6 Å². The Morgan fingerprint density at radius 1 is 1.22 bits per heavy atom. The Labute approximate surface area is 106 Å². The first-order valence-electron chi connectivity index (χ1n) is 5.80. The van der Waals surface area contributed by atoms with Crippen LogP contribution in [0.1, 0.15) is 18.5 Å². The molecule has 94 valence electrons. The Bertz CT molecular complexity index is 540. The minimum atomic E-state index is -0.277. The fraction of sp³-hybridized carbons (Fsp3) is 0.214. The SMILES string of the molecule is C[C@H](N)c1cccnc1N(C)c1ccccc1F. The normalized spacial score (nSPS) is 12.2. The van der Waals surface area contributed by atoms with E-state index in [0.29, 0.717) is 11.5 Å². The van der Waals surface area contributed by atoms with E-state index in [2.05, 4.69) is 4.98 Å². The zero-order valence-electron chi connectivity index (χ0n) is 10.5. The highest BCUT2D eigenvalue weighted by atomic mass is 19.1. The van der Waals surface area contributed by atoms with Crippen molar-refractivity contribution in [1.29, 1.82) is 0 Å². The van der Waals surface area contributed by atoms with E-state index >= 15 is 0 Å². The molecule has 1 atom stereocenters. The van der Waals surface area contributed by atoms with E-state index in [-0.39, 0.29) is 11.9 Å². The number of nitrogens with zero attached hydrogens (tertiary/aromatic N) is 2. The predicted molar refractivity (Wildman–Crippen MR) is 71.3 cm³/mol. The van der Waals surface area contributed by atoms with Gasteiger partial charge in [0.2, 0.25) is 0 Å². The Balaban J connectivity index is 2.46. The molecule has 2 rings (SSSR count). The second-order valence-electron chi connectivity index (χ2n) is 4.22. The lowest BCUT2D eigenvalue weighted by Crippen LogP contribution is -2.18. The monoisotopic (exact) mass is 245 g/mol. The molecule has 0 saturated heterocycles. The quantitative estimate of drug-likeness (QED) is 0.903. The number of anilines is 2. The number of rotatable bonds is 3. The Morgan fingerprint density at radius 3 is 2.61 bits per heavy atom. The van der Waals surface area contributed by atoms with Gasteiger partial charge in [0.15, 0.2) is 0 Å². The van der Waals surface area contributed by atoms with Crippen LogP contribution in [0.2, 0.25) is 0 Å². The molecule has 0 amide bonds. The van der Waals surface area contributed by atoms with Crippen LogP contribution in [0.5, 0.6) is 0 Å². The largest absolute Gasteiger partial charge is 0.327 e. The lowest BCUT2D eigenvalue weighted by atomic mass is 10.1. The van der Waals surface area contributed by atoms with Gasteiger partial charge in [-0.3, -0.25) is 0 Å². The summed E-state index contributed by atoms with van der Waals surface area (Å²) in [5.41, 5.74) is 7.28. The third kappa shape index (κ3) is 2.33. The third-order valence-electron chi connectivity index (χ3n) is 2.84. The van der Waals surface area contributed by atoms with Crippen LogP contribution >= 0.6 is 0 Å². The highest BCUT2D eigenvalue weighted by Gasteiger charge is 2.15. The first kappa shape index (κ1) is 12.5. The molecule has 2 aromatic rings. The van der Waals surface area contributed by atoms with E-state index in [4.69, 9.17) is 5.73 Å². The average molecular weight is 245 g/mol. The van der Waals surface area contributed by atoms with Gasteiger partial charge in [-0.15, -0.1) is 0 Å². The van der Waals surface area contributed by atoms with Crippen LogP contribution in [0.15, 0.2) is 42.6 Å². The summed E-state index contributed by atoms with van der Waals surface area (Å²) in [4.78, 5) is 6.01. The number of hydrogen-bond donors (Lipinski definition) is 1. The van der Waals surface area contributed by atoms with Crippen LogP contribution in [0.4, 0.5) is 15.9 Å². The van der Waals surface area contributed by atoms with Crippen LogP contribution in [0.25, 0.3) is 0 Å². The van der Waals surface area contributed by atoms with Crippen molar-refractivity contribution in [1.82, 2.24) is 4.98 Å². The number of pyridine rings is 1. The zero-order valence-corrected chi connectivity index (χ0v) is 10.5. The van der Waals surface area contributed by atoms with E-state index in [9.17, 15) is 4.39 Å².